The van der Waals surface area contributed by atoms with E-state index in [0.717, 1.165) is 72.3 Å². The number of thiazole rings is 1. The second kappa shape index (κ2) is 7.29. The summed E-state index contributed by atoms with van der Waals surface area (Å²) in [6, 6.07) is 7.77. The van der Waals surface area contributed by atoms with E-state index in [2.05, 4.69) is 9.88 Å². The van der Waals surface area contributed by atoms with Gasteiger partial charge >= 0.3 is 0 Å². The van der Waals surface area contributed by atoms with Gasteiger partial charge in [0, 0.05) is 38.2 Å². The fourth-order valence-corrected chi connectivity index (χ4v) is 4.68. The molecule has 1 fully saturated rings. The number of carbonyl (C=O) groups is 2. The summed E-state index contributed by atoms with van der Waals surface area (Å²) in [7, 11) is 0. The van der Waals surface area contributed by atoms with Crippen LogP contribution in [0.3, 0.4) is 0 Å². The molecule has 26 heavy (non-hydrogen) atoms. The zero-order valence-corrected chi connectivity index (χ0v) is 15.8. The number of hydrogen-bond acceptors (Lipinski definition) is 5. The molecule has 0 spiro atoms. The van der Waals surface area contributed by atoms with Gasteiger partial charge in [-0.2, -0.15) is 0 Å². The third kappa shape index (κ3) is 3.57. The van der Waals surface area contributed by atoms with Crippen LogP contribution in [0.15, 0.2) is 24.3 Å². The van der Waals surface area contributed by atoms with Crippen molar-refractivity contribution in [2.75, 3.05) is 26.2 Å². The number of aryl methyl sites for hydroxylation is 2. The Labute approximate surface area is 157 Å². The van der Waals surface area contributed by atoms with Crippen LogP contribution in [0.4, 0.5) is 0 Å². The summed E-state index contributed by atoms with van der Waals surface area (Å²) in [6.07, 6.45) is 2.51. The molecule has 136 valence electrons. The standard InChI is InChI=1S/C20H23N3O2S/c1-14-5-7-15(8-6-14)20(25)23-11-9-22(10-12-23)13-18-21-16-3-2-4-17(24)19(16)26-18/h5-8H,2-4,9-13H2,1H3. The van der Waals surface area contributed by atoms with Crippen LogP contribution in [0.1, 0.15) is 49.1 Å². The molecule has 0 radical (unpaired) electrons. The van der Waals surface area contributed by atoms with E-state index in [-0.39, 0.29) is 11.7 Å². The first kappa shape index (κ1) is 17.4. The molecule has 1 amide bonds. The van der Waals surface area contributed by atoms with E-state index in [1.165, 1.54) is 0 Å². The van der Waals surface area contributed by atoms with Crippen molar-refractivity contribution in [2.24, 2.45) is 0 Å². The summed E-state index contributed by atoms with van der Waals surface area (Å²) in [5, 5.41) is 1.03. The summed E-state index contributed by atoms with van der Waals surface area (Å²) in [6.45, 7) is 5.95. The number of piperazine rings is 1. The Morgan fingerprint density at radius 3 is 2.54 bits per heavy atom. The third-order valence-corrected chi connectivity index (χ3v) is 6.25. The van der Waals surface area contributed by atoms with E-state index < -0.39 is 0 Å². The predicted octanol–water partition coefficient (Wildman–Crippen LogP) is 2.93. The van der Waals surface area contributed by atoms with Gasteiger partial charge in [0.15, 0.2) is 5.78 Å². The summed E-state index contributed by atoms with van der Waals surface area (Å²) in [5.74, 6) is 0.364. The number of ketones is 1. The second-order valence-corrected chi connectivity index (χ2v) is 8.18. The number of fused-ring (bicyclic) bond motifs is 1. The Bertz CT molecular complexity index is 820. The number of amides is 1. The number of rotatable bonds is 3. The van der Waals surface area contributed by atoms with Gasteiger partial charge in [0.25, 0.3) is 5.91 Å². The van der Waals surface area contributed by atoms with E-state index >= 15 is 0 Å². The van der Waals surface area contributed by atoms with Crippen molar-refractivity contribution in [3.8, 4) is 0 Å². The van der Waals surface area contributed by atoms with E-state index in [1.807, 2.05) is 36.1 Å². The largest absolute Gasteiger partial charge is 0.336 e. The Kier molecular flexibility index (Phi) is 4.87. The molecule has 2 aliphatic rings. The van der Waals surface area contributed by atoms with E-state index in [9.17, 15) is 9.59 Å². The van der Waals surface area contributed by atoms with Gasteiger partial charge in [-0.05, 0) is 31.9 Å². The molecule has 1 saturated heterocycles. The summed E-state index contributed by atoms with van der Waals surface area (Å²) in [4.78, 5) is 34.4. The number of nitrogens with zero attached hydrogens (tertiary/aromatic N) is 3. The Balaban J connectivity index is 1.34. The molecular weight excluding hydrogens is 346 g/mol. The minimum Gasteiger partial charge on any atom is -0.336 e. The van der Waals surface area contributed by atoms with Crippen LogP contribution < -0.4 is 0 Å². The molecule has 1 aromatic heterocycles. The van der Waals surface area contributed by atoms with Crippen molar-refractivity contribution in [2.45, 2.75) is 32.7 Å². The SMILES string of the molecule is Cc1ccc(C(=O)N2CCN(Cc3nc4c(s3)C(=O)CCC4)CC2)cc1. The molecule has 0 saturated carbocycles. The maximum Gasteiger partial charge on any atom is 0.253 e. The lowest BCUT2D eigenvalue weighted by Gasteiger charge is -2.34. The molecule has 0 atom stereocenters. The van der Waals surface area contributed by atoms with Crippen LogP contribution in [-0.2, 0) is 13.0 Å². The van der Waals surface area contributed by atoms with E-state index in [4.69, 9.17) is 0 Å². The minimum absolute atomic E-state index is 0.111. The van der Waals surface area contributed by atoms with Gasteiger partial charge in [0.05, 0.1) is 17.1 Å². The zero-order valence-electron chi connectivity index (χ0n) is 15.0. The van der Waals surface area contributed by atoms with Crippen molar-refractivity contribution < 1.29 is 9.59 Å². The lowest BCUT2D eigenvalue weighted by Crippen LogP contribution is -2.48. The predicted molar refractivity (Wildman–Crippen MR) is 102 cm³/mol. The molecule has 1 aliphatic carbocycles. The van der Waals surface area contributed by atoms with Gasteiger partial charge in [0.1, 0.15) is 5.01 Å². The first-order valence-corrected chi connectivity index (χ1v) is 10.0. The molecular formula is C20H23N3O2S. The van der Waals surface area contributed by atoms with Gasteiger partial charge in [-0.15, -0.1) is 11.3 Å². The number of aromatic nitrogens is 1. The van der Waals surface area contributed by atoms with Crippen LogP contribution in [0.2, 0.25) is 0 Å². The third-order valence-electron chi connectivity index (χ3n) is 5.13. The first-order valence-electron chi connectivity index (χ1n) is 9.20. The average Bonchev–Trinajstić information content (AvgIpc) is 3.06. The summed E-state index contributed by atoms with van der Waals surface area (Å²) in [5.41, 5.74) is 2.92. The van der Waals surface area contributed by atoms with Gasteiger partial charge in [-0.25, -0.2) is 4.98 Å². The normalized spacial score (nSPS) is 18.0. The van der Waals surface area contributed by atoms with Crippen molar-refractivity contribution >= 4 is 23.0 Å². The number of carbonyl (C=O) groups excluding carboxylic acids is 2. The maximum absolute atomic E-state index is 12.6. The number of hydrogen-bond donors (Lipinski definition) is 0. The lowest BCUT2D eigenvalue weighted by atomic mass is 10.0. The highest BCUT2D eigenvalue weighted by atomic mass is 32.1. The van der Waals surface area contributed by atoms with Gasteiger partial charge in [0.2, 0.25) is 0 Å². The number of Topliss-reactive ketones (excluding diaryl/α,β-unsaturated/α-hetero) is 1. The first-order chi connectivity index (χ1) is 12.6. The van der Waals surface area contributed by atoms with Crippen molar-refractivity contribution in [3.05, 3.63) is 51.0 Å². The molecule has 4 rings (SSSR count). The lowest BCUT2D eigenvalue weighted by molar-refractivity contribution is 0.0628. The monoisotopic (exact) mass is 369 g/mol. The van der Waals surface area contributed by atoms with E-state index in [0.29, 0.717) is 6.42 Å². The molecule has 5 nitrogen and oxygen atoms in total. The fourth-order valence-electron chi connectivity index (χ4n) is 3.56. The quantitative estimate of drug-likeness (QED) is 0.835. The van der Waals surface area contributed by atoms with Gasteiger partial charge < -0.3 is 4.90 Å². The molecule has 1 aromatic carbocycles. The molecule has 0 unspecified atom stereocenters. The molecule has 2 aromatic rings. The second-order valence-electron chi connectivity index (χ2n) is 7.09. The smallest absolute Gasteiger partial charge is 0.253 e. The Morgan fingerprint density at radius 1 is 1.12 bits per heavy atom. The Hall–Kier alpha value is -2.05. The molecule has 1 aliphatic heterocycles. The molecule has 0 bridgehead atoms. The van der Waals surface area contributed by atoms with Crippen LogP contribution in [0.25, 0.3) is 0 Å². The van der Waals surface area contributed by atoms with Crippen LogP contribution in [0.5, 0.6) is 0 Å². The zero-order chi connectivity index (χ0) is 18.1. The van der Waals surface area contributed by atoms with Crippen molar-refractivity contribution in [1.29, 1.82) is 0 Å². The summed E-state index contributed by atoms with van der Waals surface area (Å²) >= 11 is 1.56. The number of benzene rings is 1. The molecule has 0 N–H and O–H groups in total. The highest BCUT2D eigenvalue weighted by molar-refractivity contribution is 7.13. The Morgan fingerprint density at radius 2 is 1.85 bits per heavy atom. The topological polar surface area (TPSA) is 53.5 Å². The maximum atomic E-state index is 12.6. The fraction of sp³-hybridized carbons (Fsp3) is 0.450. The average molecular weight is 369 g/mol. The van der Waals surface area contributed by atoms with Crippen molar-refractivity contribution in [3.63, 3.8) is 0 Å². The van der Waals surface area contributed by atoms with E-state index in [1.54, 1.807) is 11.3 Å². The van der Waals surface area contributed by atoms with Crippen LogP contribution in [0, 0.1) is 6.92 Å². The highest BCUT2D eigenvalue weighted by Crippen LogP contribution is 2.27. The van der Waals surface area contributed by atoms with Crippen LogP contribution in [-0.4, -0.2) is 52.7 Å². The van der Waals surface area contributed by atoms with Crippen molar-refractivity contribution in [1.82, 2.24) is 14.8 Å². The summed E-state index contributed by atoms with van der Waals surface area (Å²) < 4.78 is 0. The van der Waals surface area contributed by atoms with Gasteiger partial charge in [-0.3, -0.25) is 14.5 Å². The molecule has 2 heterocycles. The highest BCUT2D eigenvalue weighted by Gasteiger charge is 2.25. The van der Waals surface area contributed by atoms with Gasteiger partial charge in [-0.1, -0.05) is 17.7 Å². The molecule has 6 heteroatoms. The minimum atomic E-state index is 0.111. The van der Waals surface area contributed by atoms with Crippen LogP contribution >= 0.6 is 11.3 Å².